The van der Waals surface area contributed by atoms with Crippen molar-refractivity contribution in [1.29, 1.82) is 0 Å². The van der Waals surface area contributed by atoms with Gasteiger partial charge in [-0.05, 0) is 56.4 Å². The zero-order valence-electron chi connectivity index (χ0n) is 14.5. The second kappa shape index (κ2) is 6.78. The number of carbonyl (C=O) groups excluding carboxylic acids is 2. The summed E-state index contributed by atoms with van der Waals surface area (Å²) in [5.74, 6) is -0.704. The van der Waals surface area contributed by atoms with Crippen molar-refractivity contribution in [3.8, 4) is 0 Å². The average Bonchev–Trinajstić information content (AvgIpc) is 3.31. The molecule has 136 valence electrons. The first kappa shape index (κ1) is 17.9. The second-order valence-electron chi connectivity index (χ2n) is 6.96. The van der Waals surface area contributed by atoms with Crippen LogP contribution < -0.4 is 0 Å². The number of hydrogen-bond acceptors (Lipinski definition) is 5. The highest BCUT2D eigenvalue weighted by Crippen LogP contribution is 2.32. The van der Waals surface area contributed by atoms with Crippen LogP contribution in [0, 0.1) is 13.8 Å². The molecule has 2 fully saturated rings. The molecule has 1 aromatic rings. The lowest BCUT2D eigenvalue weighted by atomic mass is 10.1. The van der Waals surface area contributed by atoms with E-state index in [1.54, 1.807) is 17.0 Å². The quantitative estimate of drug-likeness (QED) is 0.741. The van der Waals surface area contributed by atoms with E-state index >= 15 is 0 Å². The summed E-state index contributed by atoms with van der Waals surface area (Å²) >= 11 is 0. The van der Waals surface area contributed by atoms with Gasteiger partial charge >= 0.3 is 5.97 Å². The standard InChI is InChI=1S/C18H23NO5S/c1-12-3-4-14(9-13(12)2)18(21)24-10-17(20)19(15-5-6-15)16-7-8-25(22,23)11-16/h3-4,9,15-16H,5-8,10-11H2,1-2H3/t16-/m0/s1. The summed E-state index contributed by atoms with van der Waals surface area (Å²) < 4.78 is 28.6. The van der Waals surface area contributed by atoms with Crippen LogP contribution in [0.2, 0.25) is 0 Å². The third-order valence-electron chi connectivity index (χ3n) is 4.90. The maximum absolute atomic E-state index is 12.5. The summed E-state index contributed by atoms with van der Waals surface area (Å²) in [6.45, 7) is 3.52. The molecule has 1 heterocycles. The van der Waals surface area contributed by atoms with Gasteiger partial charge in [0.05, 0.1) is 17.1 Å². The maximum Gasteiger partial charge on any atom is 0.338 e. The molecule has 3 rings (SSSR count). The molecule has 0 N–H and O–H groups in total. The summed E-state index contributed by atoms with van der Waals surface area (Å²) in [6.07, 6.45) is 2.23. The van der Waals surface area contributed by atoms with Crippen molar-refractivity contribution in [3.63, 3.8) is 0 Å². The van der Waals surface area contributed by atoms with E-state index in [-0.39, 0.29) is 36.1 Å². The number of ether oxygens (including phenoxy) is 1. The molecule has 1 amide bonds. The van der Waals surface area contributed by atoms with Crippen LogP contribution in [0.25, 0.3) is 0 Å². The number of aryl methyl sites for hydroxylation is 2. The highest BCUT2D eigenvalue weighted by molar-refractivity contribution is 7.91. The number of benzene rings is 1. The van der Waals surface area contributed by atoms with Gasteiger partial charge in [-0.25, -0.2) is 13.2 Å². The van der Waals surface area contributed by atoms with E-state index in [9.17, 15) is 18.0 Å². The Hall–Kier alpha value is -1.89. The molecule has 1 aliphatic heterocycles. The van der Waals surface area contributed by atoms with E-state index in [4.69, 9.17) is 4.74 Å². The number of carbonyl (C=O) groups is 2. The molecule has 6 nitrogen and oxygen atoms in total. The van der Waals surface area contributed by atoms with Crippen LogP contribution in [0.4, 0.5) is 0 Å². The van der Waals surface area contributed by atoms with Crippen LogP contribution in [-0.2, 0) is 19.4 Å². The van der Waals surface area contributed by atoms with E-state index in [1.807, 2.05) is 19.9 Å². The molecule has 1 aromatic carbocycles. The van der Waals surface area contributed by atoms with Crippen LogP contribution in [0.1, 0.15) is 40.7 Å². The first-order chi connectivity index (χ1) is 11.8. The van der Waals surface area contributed by atoms with Crippen molar-refractivity contribution in [2.24, 2.45) is 0 Å². The number of esters is 1. The average molecular weight is 365 g/mol. The monoisotopic (exact) mass is 365 g/mol. The predicted molar refractivity (Wildman–Crippen MR) is 93.1 cm³/mol. The molecule has 0 aromatic heterocycles. The number of hydrogen-bond donors (Lipinski definition) is 0. The molecule has 0 spiro atoms. The number of rotatable bonds is 5. The summed E-state index contributed by atoms with van der Waals surface area (Å²) in [5, 5.41) is 0. The maximum atomic E-state index is 12.5. The van der Waals surface area contributed by atoms with Gasteiger partial charge in [0.2, 0.25) is 0 Å². The smallest absolute Gasteiger partial charge is 0.338 e. The molecule has 0 bridgehead atoms. The summed E-state index contributed by atoms with van der Waals surface area (Å²) in [6, 6.07) is 5.06. The minimum atomic E-state index is -3.06. The van der Waals surface area contributed by atoms with Gasteiger partial charge in [-0.15, -0.1) is 0 Å². The lowest BCUT2D eigenvalue weighted by Gasteiger charge is -2.28. The normalized spacial score (nSPS) is 21.8. The molecule has 7 heteroatoms. The van der Waals surface area contributed by atoms with Gasteiger partial charge in [0.15, 0.2) is 16.4 Å². The van der Waals surface area contributed by atoms with Crippen molar-refractivity contribution in [2.45, 2.75) is 45.2 Å². The summed E-state index contributed by atoms with van der Waals surface area (Å²) in [7, 11) is -3.06. The molecular formula is C18H23NO5S. The Labute approximate surface area is 148 Å². The number of amides is 1. The van der Waals surface area contributed by atoms with Crippen molar-refractivity contribution in [3.05, 3.63) is 34.9 Å². The Morgan fingerprint density at radius 3 is 2.40 bits per heavy atom. The van der Waals surface area contributed by atoms with Gasteiger partial charge < -0.3 is 9.64 Å². The van der Waals surface area contributed by atoms with Gasteiger partial charge in [-0.1, -0.05) is 6.07 Å². The summed E-state index contributed by atoms with van der Waals surface area (Å²) in [4.78, 5) is 26.3. The topological polar surface area (TPSA) is 80.8 Å². The fourth-order valence-electron chi connectivity index (χ4n) is 3.21. The van der Waals surface area contributed by atoms with Crippen molar-refractivity contribution in [2.75, 3.05) is 18.1 Å². The fourth-order valence-corrected chi connectivity index (χ4v) is 4.92. The molecule has 0 unspecified atom stereocenters. The number of nitrogens with zero attached hydrogens (tertiary/aromatic N) is 1. The second-order valence-corrected chi connectivity index (χ2v) is 9.19. The molecule has 1 aliphatic carbocycles. The SMILES string of the molecule is Cc1ccc(C(=O)OCC(=O)N(C2CC2)[C@H]2CCS(=O)(=O)C2)cc1C. The van der Waals surface area contributed by atoms with Crippen molar-refractivity contribution < 1.29 is 22.7 Å². The van der Waals surface area contributed by atoms with Gasteiger partial charge in [0.1, 0.15) is 0 Å². The van der Waals surface area contributed by atoms with Gasteiger partial charge in [-0.2, -0.15) is 0 Å². The van der Waals surface area contributed by atoms with E-state index < -0.39 is 15.8 Å². The molecule has 2 aliphatic rings. The van der Waals surface area contributed by atoms with E-state index in [0.29, 0.717) is 12.0 Å². The first-order valence-electron chi connectivity index (χ1n) is 8.53. The van der Waals surface area contributed by atoms with Gasteiger partial charge in [-0.3, -0.25) is 4.79 Å². The molecular weight excluding hydrogens is 342 g/mol. The lowest BCUT2D eigenvalue weighted by Crippen LogP contribution is -2.44. The Morgan fingerprint density at radius 2 is 1.84 bits per heavy atom. The van der Waals surface area contributed by atoms with Crippen molar-refractivity contribution >= 4 is 21.7 Å². The Kier molecular flexibility index (Phi) is 4.86. The molecule has 1 atom stereocenters. The van der Waals surface area contributed by atoms with Crippen LogP contribution in [-0.4, -0.2) is 55.4 Å². The minimum Gasteiger partial charge on any atom is -0.452 e. The van der Waals surface area contributed by atoms with Gasteiger partial charge in [0, 0.05) is 12.1 Å². The van der Waals surface area contributed by atoms with E-state index in [0.717, 1.165) is 24.0 Å². The summed E-state index contributed by atoms with van der Waals surface area (Å²) in [5.41, 5.74) is 2.48. The van der Waals surface area contributed by atoms with E-state index in [1.165, 1.54) is 0 Å². The third kappa shape index (κ3) is 4.21. The Bertz CT molecular complexity index is 798. The predicted octanol–water partition coefficient (Wildman–Crippen LogP) is 1.64. The zero-order chi connectivity index (χ0) is 18.2. The lowest BCUT2D eigenvalue weighted by molar-refractivity contribution is -0.137. The third-order valence-corrected chi connectivity index (χ3v) is 6.65. The minimum absolute atomic E-state index is 0.0142. The molecule has 0 radical (unpaired) electrons. The number of sulfone groups is 1. The highest BCUT2D eigenvalue weighted by Gasteiger charge is 2.42. The van der Waals surface area contributed by atoms with Gasteiger partial charge in [0.25, 0.3) is 5.91 Å². The van der Waals surface area contributed by atoms with Crippen LogP contribution in [0.3, 0.4) is 0 Å². The van der Waals surface area contributed by atoms with Crippen LogP contribution in [0.15, 0.2) is 18.2 Å². The fraction of sp³-hybridized carbons (Fsp3) is 0.556. The van der Waals surface area contributed by atoms with Crippen LogP contribution >= 0.6 is 0 Å². The first-order valence-corrected chi connectivity index (χ1v) is 10.3. The van der Waals surface area contributed by atoms with E-state index in [2.05, 4.69) is 0 Å². The Balaban J connectivity index is 1.62. The zero-order valence-corrected chi connectivity index (χ0v) is 15.3. The Morgan fingerprint density at radius 1 is 1.12 bits per heavy atom. The molecule has 1 saturated carbocycles. The molecule has 25 heavy (non-hydrogen) atoms. The largest absolute Gasteiger partial charge is 0.452 e. The highest BCUT2D eigenvalue weighted by atomic mass is 32.2. The van der Waals surface area contributed by atoms with Crippen molar-refractivity contribution in [1.82, 2.24) is 4.90 Å². The molecule has 1 saturated heterocycles. The van der Waals surface area contributed by atoms with Crippen LogP contribution in [0.5, 0.6) is 0 Å².